The van der Waals surface area contributed by atoms with Crippen LogP contribution in [0.15, 0.2) is 4.99 Å². The number of piperidine rings is 1. The fraction of sp³-hybridized carbons (Fsp3) is 0.905. The Hall–Kier alpha value is -1.30. The number of rotatable bonds is 6. The minimum Gasteiger partial charge on any atom is -0.378 e. The third kappa shape index (κ3) is 4.25. The van der Waals surface area contributed by atoms with Crippen molar-refractivity contribution in [3.63, 3.8) is 0 Å². The van der Waals surface area contributed by atoms with Crippen molar-refractivity contribution in [1.29, 1.82) is 0 Å². The smallest absolute Gasteiger partial charge is 0.225 e. The van der Waals surface area contributed by atoms with Crippen molar-refractivity contribution in [3.8, 4) is 0 Å². The second kappa shape index (κ2) is 8.80. The molecule has 6 nitrogen and oxygen atoms in total. The first-order valence-corrected chi connectivity index (χ1v) is 11.0. The minimum absolute atomic E-state index is 0.0870. The summed E-state index contributed by atoms with van der Waals surface area (Å²) in [6.45, 7) is 11.4. The Kier molecular flexibility index (Phi) is 6.66. The largest absolute Gasteiger partial charge is 0.378 e. The van der Waals surface area contributed by atoms with Gasteiger partial charge in [-0.05, 0) is 46.0 Å². The average molecular weight is 379 g/mol. The van der Waals surface area contributed by atoms with Crippen LogP contribution in [0, 0.1) is 11.3 Å². The predicted molar refractivity (Wildman–Crippen MR) is 109 cm³/mol. The van der Waals surface area contributed by atoms with Gasteiger partial charge in [-0.3, -0.25) is 9.79 Å². The van der Waals surface area contributed by atoms with Crippen molar-refractivity contribution in [2.45, 2.75) is 84.4 Å². The van der Waals surface area contributed by atoms with E-state index in [-0.39, 0.29) is 11.8 Å². The van der Waals surface area contributed by atoms with Gasteiger partial charge in [0.1, 0.15) is 0 Å². The van der Waals surface area contributed by atoms with Crippen LogP contribution in [-0.2, 0) is 9.53 Å². The molecule has 1 aliphatic heterocycles. The zero-order valence-electron chi connectivity index (χ0n) is 17.6. The quantitative estimate of drug-likeness (QED) is 0.551. The topological polar surface area (TPSA) is 66.0 Å². The second-order valence-corrected chi connectivity index (χ2v) is 8.68. The molecule has 3 fully saturated rings. The number of likely N-dealkylation sites (tertiary alicyclic amines) is 1. The van der Waals surface area contributed by atoms with Gasteiger partial charge in [0.2, 0.25) is 5.91 Å². The molecule has 2 unspecified atom stereocenters. The molecule has 3 rings (SSSR count). The van der Waals surface area contributed by atoms with Crippen molar-refractivity contribution >= 4 is 11.9 Å². The molecule has 0 aromatic carbocycles. The maximum atomic E-state index is 12.2. The molecule has 0 radical (unpaired) electrons. The molecule has 0 aromatic rings. The van der Waals surface area contributed by atoms with E-state index in [1.165, 1.54) is 19.3 Å². The first kappa shape index (κ1) is 20.4. The van der Waals surface area contributed by atoms with Crippen LogP contribution >= 0.6 is 0 Å². The SMILES string of the molecule is CCN=C(NC1CCN(C(=O)C(C)C)CC1)NC1CC(OCC)C12CCC2. The highest BCUT2D eigenvalue weighted by atomic mass is 16.5. The molecule has 1 spiro atoms. The number of amides is 1. The minimum atomic E-state index is 0.0870. The van der Waals surface area contributed by atoms with Gasteiger partial charge in [-0.15, -0.1) is 0 Å². The van der Waals surface area contributed by atoms with Gasteiger partial charge in [-0.2, -0.15) is 0 Å². The molecule has 2 aliphatic carbocycles. The van der Waals surface area contributed by atoms with E-state index in [0.717, 1.165) is 51.5 Å². The fourth-order valence-corrected chi connectivity index (χ4v) is 4.90. The molecule has 2 N–H and O–H groups in total. The number of nitrogens with zero attached hydrogens (tertiary/aromatic N) is 2. The van der Waals surface area contributed by atoms with Gasteiger partial charge in [0.05, 0.1) is 6.10 Å². The number of ether oxygens (including phenoxy) is 1. The normalized spacial score (nSPS) is 28.0. The third-order valence-electron chi connectivity index (χ3n) is 6.71. The summed E-state index contributed by atoms with van der Waals surface area (Å²) in [5.41, 5.74) is 0.333. The van der Waals surface area contributed by atoms with Crippen molar-refractivity contribution in [2.24, 2.45) is 16.3 Å². The van der Waals surface area contributed by atoms with Crippen LogP contribution in [0.3, 0.4) is 0 Å². The number of nitrogens with one attached hydrogen (secondary N) is 2. The molecule has 2 saturated carbocycles. The maximum absolute atomic E-state index is 12.2. The van der Waals surface area contributed by atoms with Gasteiger partial charge in [0.15, 0.2) is 5.96 Å². The Morgan fingerprint density at radius 1 is 1.22 bits per heavy atom. The van der Waals surface area contributed by atoms with Gasteiger partial charge >= 0.3 is 0 Å². The van der Waals surface area contributed by atoms with Crippen molar-refractivity contribution in [3.05, 3.63) is 0 Å². The van der Waals surface area contributed by atoms with E-state index in [0.29, 0.717) is 23.6 Å². The summed E-state index contributed by atoms with van der Waals surface area (Å²) < 4.78 is 5.97. The third-order valence-corrected chi connectivity index (χ3v) is 6.71. The fourth-order valence-electron chi connectivity index (χ4n) is 4.90. The molecule has 1 heterocycles. The van der Waals surface area contributed by atoms with Crippen LogP contribution in [0.25, 0.3) is 0 Å². The Labute approximate surface area is 164 Å². The zero-order valence-corrected chi connectivity index (χ0v) is 17.6. The van der Waals surface area contributed by atoms with Crippen molar-refractivity contribution in [2.75, 3.05) is 26.2 Å². The Morgan fingerprint density at radius 2 is 1.93 bits per heavy atom. The lowest BCUT2D eigenvalue weighted by molar-refractivity contribution is -0.168. The van der Waals surface area contributed by atoms with Gasteiger partial charge in [-0.1, -0.05) is 20.3 Å². The number of guanidine groups is 1. The molecule has 1 amide bonds. The van der Waals surface area contributed by atoms with E-state index in [2.05, 4.69) is 24.5 Å². The molecular formula is C21H38N4O2. The lowest BCUT2D eigenvalue weighted by Crippen LogP contribution is -2.69. The highest BCUT2D eigenvalue weighted by molar-refractivity contribution is 5.81. The van der Waals surface area contributed by atoms with E-state index >= 15 is 0 Å². The number of aliphatic imine (C=N–C) groups is 1. The number of carbonyl (C=O) groups is 1. The molecule has 154 valence electrons. The summed E-state index contributed by atoms with van der Waals surface area (Å²) in [6.07, 6.45) is 7.33. The van der Waals surface area contributed by atoms with Crippen LogP contribution in [0.4, 0.5) is 0 Å². The van der Waals surface area contributed by atoms with Gasteiger partial charge < -0.3 is 20.3 Å². The van der Waals surface area contributed by atoms with Crippen LogP contribution in [0.2, 0.25) is 0 Å². The van der Waals surface area contributed by atoms with Crippen LogP contribution in [0.5, 0.6) is 0 Å². The molecule has 0 aromatic heterocycles. The highest BCUT2D eigenvalue weighted by Crippen LogP contribution is 2.57. The van der Waals surface area contributed by atoms with Gasteiger partial charge in [0.25, 0.3) is 0 Å². The van der Waals surface area contributed by atoms with Crippen molar-refractivity contribution < 1.29 is 9.53 Å². The number of hydrogen-bond acceptors (Lipinski definition) is 3. The molecule has 3 aliphatic rings. The van der Waals surface area contributed by atoms with E-state index in [1.54, 1.807) is 0 Å². The summed E-state index contributed by atoms with van der Waals surface area (Å²) in [5, 5.41) is 7.35. The van der Waals surface area contributed by atoms with Crippen LogP contribution in [0.1, 0.15) is 66.2 Å². The van der Waals surface area contributed by atoms with E-state index < -0.39 is 0 Å². The number of hydrogen-bond donors (Lipinski definition) is 2. The van der Waals surface area contributed by atoms with E-state index in [9.17, 15) is 4.79 Å². The van der Waals surface area contributed by atoms with Crippen molar-refractivity contribution in [1.82, 2.24) is 15.5 Å². The summed E-state index contributed by atoms with van der Waals surface area (Å²) in [4.78, 5) is 18.9. The summed E-state index contributed by atoms with van der Waals surface area (Å²) in [5.74, 6) is 1.30. The van der Waals surface area contributed by atoms with E-state index in [1.807, 2.05) is 18.7 Å². The standard InChI is InChI=1S/C21H38N4O2/c1-5-22-20(23-16-8-12-25(13-9-16)19(26)15(3)4)24-17-14-18(27-6-2)21(17)10-7-11-21/h15-18H,5-14H2,1-4H3,(H2,22,23,24). The Balaban J connectivity index is 1.51. The Bertz CT molecular complexity index is 536. The van der Waals surface area contributed by atoms with Gasteiger partial charge in [-0.25, -0.2) is 0 Å². The number of carbonyl (C=O) groups excluding carboxylic acids is 1. The summed E-state index contributed by atoms with van der Waals surface area (Å²) >= 11 is 0. The average Bonchev–Trinajstić information content (AvgIpc) is 2.59. The monoisotopic (exact) mass is 378 g/mol. The molecule has 1 saturated heterocycles. The Morgan fingerprint density at radius 3 is 2.44 bits per heavy atom. The molecular weight excluding hydrogens is 340 g/mol. The molecule has 2 atom stereocenters. The van der Waals surface area contributed by atoms with Crippen LogP contribution < -0.4 is 10.6 Å². The lowest BCUT2D eigenvalue weighted by atomic mass is 9.51. The van der Waals surface area contributed by atoms with E-state index in [4.69, 9.17) is 9.73 Å². The molecule has 0 bridgehead atoms. The summed E-state index contributed by atoms with van der Waals surface area (Å²) in [6, 6.07) is 0.863. The van der Waals surface area contributed by atoms with Crippen LogP contribution in [-0.4, -0.2) is 61.2 Å². The zero-order chi connectivity index (χ0) is 19.4. The maximum Gasteiger partial charge on any atom is 0.225 e. The molecule has 27 heavy (non-hydrogen) atoms. The summed E-state index contributed by atoms with van der Waals surface area (Å²) in [7, 11) is 0. The first-order valence-electron chi connectivity index (χ1n) is 11.0. The first-order chi connectivity index (χ1) is 13.0. The highest BCUT2D eigenvalue weighted by Gasteiger charge is 2.59. The predicted octanol–water partition coefficient (Wildman–Crippen LogP) is 2.54. The lowest BCUT2D eigenvalue weighted by Gasteiger charge is -2.61. The second-order valence-electron chi connectivity index (χ2n) is 8.68. The van der Waals surface area contributed by atoms with Gasteiger partial charge in [0, 0.05) is 49.7 Å². The molecule has 6 heteroatoms.